The molecule has 0 aromatic heterocycles. The predicted octanol–water partition coefficient (Wildman–Crippen LogP) is 1.38. The van der Waals surface area contributed by atoms with Gasteiger partial charge in [-0.25, -0.2) is 0 Å². The topological polar surface area (TPSA) is 70.6 Å². The SMILES string of the molecule is O=S1(=O)NC(=NC2CC2)C(c2ccccc2Cl)N1. The molecule has 2 fully saturated rings. The van der Waals surface area contributed by atoms with Crippen LogP contribution >= 0.6 is 11.6 Å². The van der Waals surface area contributed by atoms with Crippen molar-refractivity contribution in [3.8, 4) is 0 Å². The summed E-state index contributed by atoms with van der Waals surface area (Å²) >= 11 is 6.10. The Labute approximate surface area is 110 Å². The van der Waals surface area contributed by atoms with Gasteiger partial charge in [-0.1, -0.05) is 29.8 Å². The van der Waals surface area contributed by atoms with E-state index in [0.717, 1.165) is 12.8 Å². The highest BCUT2D eigenvalue weighted by Gasteiger charge is 2.36. The molecule has 0 spiro atoms. The minimum atomic E-state index is -3.52. The Morgan fingerprint density at radius 2 is 2.00 bits per heavy atom. The monoisotopic (exact) mass is 285 g/mol. The van der Waals surface area contributed by atoms with Gasteiger partial charge in [0.2, 0.25) is 0 Å². The summed E-state index contributed by atoms with van der Waals surface area (Å²) in [5, 5.41) is 0.525. The van der Waals surface area contributed by atoms with Crippen LogP contribution in [0.3, 0.4) is 0 Å². The number of halogens is 1. The summed E-state index contributed by atoms with van der Waals surface area (Å²) < 4.78 is 28.1. The predicted molar refractivity (Wildman–Crippen MR) is 69.8 cm³/mol. The zero-order chi connectivity index (χ0) is 12.8. The molecule has 1 saturated carbocycles. The smallest absolute Gasteiger partial charge is 0.266 e. The van der Waals surface area contributed by atoms with Gasteiger partial charge in [0.15, 0.2) is 0 Å². The maximum atomic E-state index is 11.6. The van der Waals surface area contributed by atoms with E-state index in [9.17, 15) is 8.42 Å². The van der Waals surface area contributed by atoms with Gasteiger partial charge in [0.25, 0.3) is 0 Å². The van der Waals surface area contributed by atoms with Crippen molar-refractivity contribution in [2.45, 2.75) is 24.9 Å². The Balaban J connectivity index is 2.01. The second-order valence-electron chi connectivity index (χ2n) is 4.42. The molecule has 0 bridgehead atoms. The third-order valence-corrected chi connectivity index (χ3v) is 4.24. The molecular formula is C11H12ClN3O2S. The van der Waals surface area contributed by atoms with E-state index in [1.54, 1.807) is 18.2 Å². The fourth-order valence-electron chi connectivity index (χ4n) is 1.86. The quantitative estimate of drug-likeness (QED) is 0.862. The molecule has 1 aromatic carbocycles. The molecule has 1 unspecified atom stereocenters. The normalized spacial score (nSPS) is 28.3. The Kier molecular flexibility index (Phi) is 2.80. The molecule has 0 radical (unpaired) electrons. The molecule has 1 heterocycles. The average Bonchev–Trinajstić information content (AvgIpc) is 3.04. The molecule has 5 nitrogen and oxygen atoms in total. The molecule has 1 aliphatic carbocycles. The largest absolute Gasteiger partial charge is 0.301 e. The van der Waals surface area contributed by atoms with E-state index in [2.05, 4.69) is 14.4 Å². The van der Waals surface area contributed by atoms with Crippen LogP contribution in [0.25, 0.3) is 0 Å². The van der Waals surface area contributed by atoms with Gasteiger partial charge in [-0.15, -0.1) is 0 Å². The summed E-state index contributed by atoms with van der Waals surface area (Å²) in [5.74, 6) is 0.436. The van der Waals surface area contributed by atoms with E-state index in [-0.39, 0.29) is 6.04 Å². The average molecular weight is 286 g/mol. The van der Waals surface area contributed by atoms with Gasteiger partial charge in [0.1, 0.15) is 11.9 Å². The first kappa shape index (κ1) is 12.0. The Bertz CT molecular complexity index is 610. The molecule has 0 amide bonds. The second kappa shape index (κ2) is 4.22. The van der Waals surface area contributed by atoms with Crippen LogP contribution < -0.4 is 9.44 Å². The van der Waals surface area contributed by atoms with Crippen molar-refractivity contribution in [3.63, 3.8) is 0 Å². The maximum Gasteiger partial charge on any atom is 0.301 e. The van der Waals surface area contributed by atoms with Crippen LogP contribution in [-0.2, 0) is 10.2 Å². The minimum absolute atomic E-state index is 0.243. The van der Waals surface area contributed by atoms with E-state index < -0.39 is 16.3 Å². The Hall–Kier alpha value is -1.11. The first-order chi connectivity index (χ1) is 8.55. The molecule has 18 heavy (non-hydrogen) atoms. The third kappa shape index (κ3) is 2.36. The van der Waals surface area contributed by atoms with Crippen molar-refractivity contribution in [1.82, 2.24) is 9.44 Å². The van der Waals surface area contributed by atoms with Crippen LogP contribution in [0, 0.1) is 0 Å². The molecule has 1 aromatic rings. The number of hydrogen-bond acceptors (Lipinski definition) is 3. The van der Waals surface area contributed by atoms with Crippen molar-refractivity contribution >= 4 is 27.6 Å². The molecule has 1 atom stereocenters. The Morgan fingerprint density at radius 3 is 2.67 bits per heavy atom. The molecule has 2 N–H and O–H groups in total. The number of aliphatic imine (C=N–C) groups is 1. The second-order valence-corrected chi connectivity index (χ2v) is 6.28. The molecule has 1 aliphatic heterocycles. The number of benzene rings is 1. The first-order valence-electron chi connectivity index (χ1n) is 5.67. The van der Waals surface area contributed by atoms with Gasteiger partial charge in [-0.2, -0.15) is 13.1 Å². The lowest BCUT2D eigenvalue weighted by Gasteiger charge is -2.10. The number of hydrogen-bond donors (Lipinski definition) is 2. The van der Waals surface area contributed by atoms with Crippen LogP contribution in [0.1, 0.15) is 24.4 Å². The van der Waals surface area contributed by atoms with Crippen molar-refractivity contribution in [2.24, 2.45) is 4.99 Å². The van der Waals surface area contributed by atoms with Crippen LogP contribution in [-0.4, -0.2) is 20.3 Å². The highest BCUT2D eigenvalue weighted by atomic mass is 35.5. The molecule has 2 aliphatic rings. The van der Waals surface area contributed by atoms with Crippen LogP contribution in [0.5, 0.6) is 0 Å². The molecule has 3 rings (SSSR count). The standard InChI is InChI=1S/C11H12ClN3O2S/c12-9-4-2-1-3-8(9)10-11(13-7-5-6-7)15-18(16,17)14-10/h1-4,7,10,14H,5-6H2,(H,13,15). The van der Waals surface area contributed by atoms with Crippen LogP contribution in [0.15, 0.2) is 29.3 Å². The van der Waals surface area contributed by atoms with Crippen molar-refractivity contribution in [3.05, 3.63) is 34.9 Å². The summed E-state index contributed by atoms with van der Waals surface area (Å²) in [4.78, 5) is 4.39. The van der Waals surface area contributed by atoms with E-state index in [0.29, 0.717) is 16.4 Å². The fraction of sp³-hybridized carbons (Fsp3) is 0.364. The number of nitrogens with one attached hydrogen (secondary N) is 2. The van der Waals surface area contributed by atoms with Crippen LogP contribution in [0.2, 0.25) is 5.02 Å². The summed E-state index contributed by atoms with van der Waals surface area (Å²) in [6.45, 7) is 0. The van der Waals surface area contributed by atoms with Gasteiger partial charge in [-0.3, -0.25) is 9.71 Å². The lowest BCUT2D eigenvalue weighted by Crippen LogP contribution is -2.24. The minimum Gasteiger partial charge on any atom is -0.266 e. The van der Waals surface area contributed by atoms with E-state index in [4.69, 9.17) is 11.6 Å². The third-order valence-electron chi connectivity index (χ3n) is 2.87. The van der Waals surface area contributed by atoms with Crippen molar-refractivity contribution in [1.29, 1.82) is 0 Å². The van der Waals surface area contributed by atoms with Gasteiger partial charge >= 0.3 is 10.2 Å². The summed E-state index contributed by atoms with van der Waals surface area (Å²) in [5.41, 5.74) is 0.715. The summed E-state index contributed by atoms with van der Waals surface area (Å²) in [6.07, 6.45) is 2.03. The molecule has 96 valence electrons. The lowest BCUT2D eigenvalue weighted by molar-refractivity contribution is 0.583. The highest BCUT2D eigenvalue weighted by Crippen LogP contribution is 2.30. The fourth-order valence-corrected chi connectivity index (χ4v) is 3.16. The van der Waals surface area contributed by atoms with Gasteiger partial charge in [-0.05, 0) is 24.5 Å². The van der Waals surface area contributed by atoms with Crippen LogP contribution in [0.4, 0.5) is 0 Å². The van der Waals surface area contributed by atoms with Crippen molar-refractivity contribution in [2.75, 3.05) is 0 Å². The van der Waals surface area contributed by atoms with Gasteiger partial charge in [0, 0.05) is 5.02 Å². The molecule has 1 saturated heterocycles. The number of amidine groups is 1. The van der Waals surface area contributed by atoms with Gasteiger partial charge < -0.3 is 0 Å². The Morgan fingerprint density at radius 1 is 1.28 bits per heavy atom. The molecule has 7 heteroatoms. The lowest BCUT2D eigenvalue weighted by atomic mass is 10.1. The summed E-state index contributed by atoms with van der Waals surface area (Å²) in [6, 6.07) is 6.89. The van der Waals surface area contributed by atoms with Crippen molar-refractivity contribution < 1.29 is 8.42 Å². The molecular weight excluding hydrogens is 274 g/mol. The first-order valence-corrected chi connectivity index (χ1v) is 7.53. The zero-order valence-electron chi connectivity index (χ0n) is 9.43. The van der Waals surface area contributed by atoms with E-state index in [1.165, 1.54) is 0 Å². The van der Waals surface area contributed by atoms with E-state index in [1.807, 2.05) is 6.07 Å². The zero-order valence-corrected chi connectivity index (χ0v) is 11.0. The number of nitrogens with zero attached hydrogens (tertiary/aromatic N) is 1. The van der Waals surface area contributed by atoms with E-state index >= 15 is 0 Å². The number of rotatable bonds is 2. The summed E-state index contributed by atoms with van der Waals surface area (Å²) in [7, 11) is -3.52. The van der Waals surface area contributed by atoms with Gasteiger partial charge in [0.05, 0.1) is 6.04 Å². The maximum absolute atomic E-state index is 11.6. The highest BCUT2D eigenvalue weighted by molar-refractivity contribution is 7.88.